The summed E-state index contributed by atoms with van der Waals surface area (Å²) in [6.45, 7) is 7.51. The smallest absolute Gasteiger partial charge is 0.251 e. The van der Waals surface area contributed by atoms with Crippen molar-refractivity contribution in [3.8, 4) is 0 Å². The molecule has 6 nitrogen and oxygen atoms in total. The lowest BCUT2D eigenvalue weighted by molar-refractivity contribution is -0.142. The number of carbonyl (C=O) groups is 2. The van der Waals surface area contributed by atoms with Crippen molar-refractivity contribution in [2.45, 2.75) is 20.0 Å². The molecule has 0 bridgehead atoms. The Bertz CT molecular complexity index is 288. The van der Waals surface area contributed by atoms with Crippen molar-refractivity contribution in [3.63, 3.8) is 0 Å². The highest BCUT2D eigenvalue weighted by Crippen LogP contribution is 2.05. The molecular weight excluding hydrogens is 234 g/mol. The highest BCUT2D eigenvalue weighted by molar-refractivity contribution is 5.81. The summed E-state index contributed by atoms with van der Waals surface area (Å²) < 4.78 is 5.02. The molecule has 1 aliphatic rings. The lowest BCUT2D eigenvalue weighted by atomic mass is 10.2. The fraction of sp³-hybridized carbons (Fsp3) is 0.833. The maximum atomic E-state index is 11.9. The zero-order valence-corrected chi connectivity index (χ0v) is 11.4. The molecule has 0 aliphatic carbocycles. The molecule has 1 N–H and O–H groups in total. The van der Waals surface area contributed by atoms with E-state index in [4.69, 9.17) is 4.74 Å². The molecule has 1 fully saturated rings. The molecule has 1 unspecified atom stereocenters. The SMILES string of the molecule is CCNC(=O)CN1CCN(C(=O)C(C)OC)CC1. The van der Waals surface area contributed by atoms with Gasteiger partial charge in [0.05, 0.1) is 6.54 Å². The number of ether oxygens (including phenoxy) is 1. The van der Waals surface area contributed by atoms with Gasteiger partial charge in [0.1, 0.15) is 6.10 Å². The van der Waals surface area contributed by atoms with Crippen LogP contribution < -0.4 is 5.32 Å². The van der Waals surface area contributed by atoms with E-state index >= 15 is 0 Å². The molecule has 1 saturated heterocycles. The van der Waals surface area contributed by atoms with Crippen LogP contribution in [0.2, 0.25) is 0 Å². The van der Waals surface area contributed by atoms with Gasteiger partial charge in [0.25, 0.3) is 5.91 Å². The van der Waals surface area contributed by atoms with Crippen molar-refractivity contribution in [3.05, 3.63) is 0 Å². The van der Waals surface area contributed by atoms with E-state index in [1.54, 1.807) is 11.8 Å². The minimum absolute atomic E-state index is 0.0233. The minimum atomic E-state index is -0.389. The van der Waals surface area contributed by atoms with Crippen LogP contribution in [0.3, 0.4) is 0 Å². The predicted octanol–water partition coefficient (Wildman–Crippen LogP) is -0.698. The summed E-state index contributed by atoms with van der Waals surface area (Å²) >= 11 is 0. The highest BCUT2D eigenvalue weighted by atomic mass is 16.5. The number of amides is 2. The zero-order valence-electron chi connectivity index (χ0n) is 11.4. The molecule has 0 saturated carbocycles. The van der Waals surface area contributed by atoms with Crippen molar-refractivity contribution in [1.29, 1.82) is 0 Å². The molecule has 1 rings (SSSR count). The van der Waals surface area contributed by atoms with Crippen LogP contribution in [0.5, 0.6) is 0 Å². The van der Waals surface area contributed by atoms with Gasteiger partial charge in [-0.1, -0.05) is 0 Å². The van der Waals surface area contributed by atoms with E-state index in [1.165, 1.54) is 7.11 Å². The topological polar surface area (TPSA) is 61.9 Å². The van der Waals surface area contributed by atoms with Gasteiger partial charge < -0.3 is 15.0 Å². The molecular formula is C12H23N3O3. The van der Waals surface area contributed by atoms with Gasteiger partial charge in [-0.15, -0.1) is 0 Å². The Labute approximate surface area is 108 Å². The highest BCUT2D eigenvalue weighted by Gasteiger charge is 2.25. The van der Waals surface area contributed by atoms with Crippen molar-refractivity contribution in [2.75, 3.05) is 46.4 Å². The van der Waals surface area contributed by atoms with Crippen LogP contribution >= 0.6 is 0 Å². The van der Waals surface area contributed by atoms with E-state index in [1.807, 2.05) is 6.92 Å². The Morgan fingerprint density at radius 1 is 1.28 bits per heavy atom. The van der Waals surface area contributed by atoms with Gasteiger partial charge in [-0.05, 0) is 13.8 Å². The summed E-state index contributed by atoms with van der Waals surface area (Å²) in [4.78, 5) is 27.1. The fourth-order valence-electron chi connectivity index (χ4n) is 1.94. The van der Waals surface area contributed by atoms with Crippen LogP contribution in [0.25, 0.3) is 0 Å². The molecule has 18 heavy (non-hydrogen) atoms. The quantitative estimate of drug-likeness (QED) is 0.707. The summed E-state index contributed by atoms with van der Waals surface area (Å²) in [5.41, 5.74) is 0. The second-order valence-corrected chi connectivity index (χ2v) is 4.43. The third kappa shape index (κ3) is 4.27. The van der Waals surface area contributed by atoms with Gasteiger partial charge in [0.15, 0.2) is 0 Å². The van der Waals surface area contributed by atoms with Crippen molar-refractivity contribution >= 4 is 11.8 Å². The maximum absolute atomic E-state index is 11.9. The zero-order chi connectivity index (χ0) is 13.5. The van der Waals surface area contributed by atoms with Gasteiger partial charge in [-0.3, -0.25) is 14.5 Å². The number of piperazine rings is 1. The van der Waals surface area contributed by atoms with E-state index < -0.39 is 0 Å². The summed E-state index contributed by atoms with van der Waals surface area (Å²) in [5, 5.41) is 2.77. The summed E-state index contributed by atoms with van der Waals surface area (Å²) in [5.74, 6) is 0.0673. The van der Waals surface area contributed by atoms with Gasteiger partial charge in [0.2, 0.25) is 5.91 Å². The first kappa shape index (κ1) is 14.9. The normalized spacial score (nSPS) is 18.5. The molecule has 0 spiro atoms. The molecule has 0 aromatic carbocycles. The number of methoxy groups -OCH3 is 1. The van der Waals surface area contributed by atoms with E-state index in [-0.39, 0.29) is 17.9 Å². The Hall–Kier alpha value is -1.14. The molecule has 1 atom stereocenters. The molecule has 104 valence electrons. The summed E-state index contributed by atoms with van der Waals surface area (Å²) in [7, 11) is 1.54. The van der Waals surface area contributed by atoms with Crippen LogP contribution in [0.15, 0.2) is 0 Å². The van der Waals surface area contributed by atoms with Crippen LogP contribution in [-0.4, -0.2) is 74.1 Å². The van der Waals surface area contributed by atoms with Gasteiger partial charge in [-0.25, -0.2) is 0 Å². The van der Waals surface area contributed by atoms with E-state index in [2.05, 4.69) is 10.2 Å². The van der Waals surface area contributed by atoms with E-state index in [0.717, 1.165) is 13.1 Å². The van der Waals surface area contributed by atoms with Crippen molar-refractivity contribution in [1.82, 2.24) is 15.1 Å². The molecule has 1 aliphatic heterocycles. The summed E-state index contributed by atoms with van der Waals surface area (Å²) in [6, 6.07) is 0. The maximum Gasteiger partial charge on any atom is 0.251 e. The lowest BCUT2D eigenvalue weighted by Crippen LogP contribution is -2.53. The average molecular weight is 257 g/mol. The number of nitrogens with one attached hydrogen (secondary N) is 1. The van der Waals surface area contributed by atoms with Gasteiger partial charge in [-0.2, -0.15) is 0 Å². The Balaban J connectivity index is 2.32. The van der Waals surface area contributed by atoms with Gasteiger partial charge >= 0.3 is 0 Å². The number of rotatable bonds is 5. The van der Waals surface area contributed by atoms with Crippen molar-refractivity contribution < 1.29 is 14.3 Å². The fourth-order valence-corrected chi connectivity index (χ4v) is 1.94. The molecule has 0 aromatic heterocycles. The lowest BCUT2D eigenvalue weighted by Gasteiger charge is -2.35. The largest absolute Gasteiger partial charge is 0.372 e. The standard InChI is InChI=1S/C12H23N3O3/c1-4-13-11(16)9-14-5-7-15(8-6-14)12(17)10(2)18-3/h10H,4-9H2,1-3H3,(H,13,16). The molecule has 0 radical (unpaired) electrons. The first-order chi connectivity index (χ1) is 8.58. The molecule has 2 amide bonds. The van der Waals surface area contributed by atoms with Crippen LogP contribution in [-0.2, 0) is 14.3 Å². The monoisotopic (exact) mass is 257 g/mol. The van der Waals surface area contributed by atoms with E-state index in [9.17, 15) is 9.59 Å². The molecule has 6 heteroatoms. The third-order valence-corrected chi connectivity index (χ3v) is 3.13. The Morgan fingerprint density at radius 3 is 2.39 bits per heavy atom. The number of hydrogen-bond donors (Lipinski definition) is 1. The Morgan fingerprint density at radius 2 is 1.89 bits per heavy atom. The third-order valence-electron chi connectivity index (χ3n) is 3.13. The predicted molar refractivity (Wildman–Crippen MR) is 68.2 cm³/mol. The van der Waals surface area contributed by atoms with E-state index in [0.29, 0.717) is 26.2 Å². The number of carbonyl (C=O) groups excluding carboxylic acids is 2. The average Bonchev–Trinajstić information content (AvgIpc) is 2.38. The molecule has 1 heterocycles. The first-order valence-electron chi connectivity index (χ1n) is 6.39. The molecule has 0 aromatic rings. The van der Waals surface area contributed by atoms with Crippen LogP contribution in [0, 0.1) is 0 Å². The Kier molecular flexibility index (Phi) is 6.07. The second-order valence-electron chi connectivity index (χ2n) is 4.43. The second kappa shape index (κ2) is 7.33. The van der Waals surface area contributed by atoms with Crippen molar-refractivity contribution in [2.24, 2.45) is 0 Å². The minimum Gasteiger partial charge on any atom is -0.372 e. The number of nitrogens with zero attached hydrogens (tertiary/aromatic N) is 2. The number of likely N-dealkylation sites (N-methyl/N-ethyl adjacent to an activating group) is 1. The van der Waals surface area contributed by atoms with Crippen LogP contribution in [0.1, 0.15) is 13.8 Å². The van der Waals surface area contributed by atoms with Gasteiger partial charge in [0, 0.05) is 39.8 Å². The van der Waals surface area contributed by atoms with Crippen LogP contribution in [0.4, 0.5) is 0 Å². The first-order valence-corrected chi connectivity index (χ1v) is 6.39. The number of hydrogen-bond acceptors (Lipinski definition) is 4. The summed E-state index contributed by atoms with van der Waals surface area (Å²) in [6.07, 6.45) is -0.389.